The standard InChI is InChI=1S/C23H17F3N6O/c1-31-13-17(11-28-31)22-18-9-15(2-3-19(18)29-30-22)16-5-7-32(21(33)10-16)12-14-4-6-27-20(8-14)23(24,25)26/h2-11,13H,12H2,1H3,(H,29,30). The smallest absolute Gasteiger partial charge is 0.311 e. The Labute approximate surface area is 185 Å². The zero-order valence-electron chi connectivity index (χ0n) is 17.3. The van der Waals surface area contributed by atoms with Crippen LogP contribution in [0.25, 0.3) is 33.3 Å². The molecule has 4 heterocycles. The highest BCUT2D eigenvalue weighted by Gasteiger charge is 2.32. The molecule has 5 aromatic rings. The second kappa shape index (κ2) is 7.73. The molecule has 33 heavy (non-hydrogen) atoms. The van der Waals surface area contributed by atoms with Crippen LogP contribution < -0.4 is 5.56 Å². The molecule has 4 aromatic heterocycles. The maximum Gasteiger partial charge on any atom is 0.433 e. The molecular weight excluding hydrogens is 433 g/mol. The second-order valence-electron chi connectivity index (χ2n) is 7.66. The molecule has 0 fully saturated rings. The van der Waals surface area contributed by atoms with Gasteiger partial charge in [0.05, 0.1) is 18.3 Å². The fourth-order valence-corrected chi connectivity index (χ4v) is 3.70. The van der Waals surface area contributed by atoms with Gasteiger partial charge < -0.3 is 4.57 Å². The molecule has 0 bridgehead atoms. The van der Waals surface area contributed by atoms with Gasteiger partial charge in [0.2, 0.25) is 0 Å². The van der Waals surface area contributed by atoms with Gasteiger partial charge in [0.25, 0.3) is 5.56 Å². The number of H-pyrrole nitrogens is 1. The molecule has 0 atom stereocenters. The minimum absolute atomic E-state index is 0.0105. The number of rotatable bonds is 4. The molecule has 0 spiro atoms. The number of nitrogens with zero attached hydrogens (tertiary/aromatic N) is 5. The van der Waals surface area contributed by atoms with Crippen LogP contribution in [0.5, 0.6) is 0 Å². The van der Waals surface area contributed by atoms with E-state index in [0.29, 0.717) is 11.1 Å². The molecule has 1 N–H and O–H groups in total. The van der Waals surface area contributed by atoms with E-state index < -0.39 is 11.9 Å². The molecular formula is C23H17F3N6O. The predicted molar refractivity (Wildman–Crippen MR) is 116 cm³/mol. The summed E-state index contributed by atoms with van der Waals surface area (Å²) in [6.07, 6.45) is 1.73. The number of aromatic nitrogens is 6. The van der Waals surface area contributed by atoms with E-state index in [-0.39, 0.29) is 12.1 Å². The lowest BCUT2D eigenvalue weighted by atomic mass is 10.0. The van der Waals surface area contributed by atoms with Crippen LogP contribution in [0.1, 0.15) is 11.3 Å². The van der Waals surface area contributed by atoms with Gasteiger partial charge >= 0.3 is 6.18 Å². The predicted octanol–water partition coefficient (Wildman–Crippen LogP) is 4.25. The van der Waals surface area contributed by atoms with Crippen molar-refractivity contribution in [3.05, 3.63) is 88.9 Å². The highest BCUT2D eigenvalue weighted by Crippen LogP contribution is 2.30. The maximum absolute atomic E-state index is 12.9. The van der Waals surface area contributed by atoms with Gasteiger partial charge in [-0.3, -0.25) is 19.6 Å². The SMILES string of the molecule is Cn1cc(-c2n[nH]c3ccc(-c4ccn(Cc5ccnc(C(F)(F)F)c5)c(=O)c4)cc23)cn1. The second-order valence-corrected chi connectivity index (χ2v) is 7.66. The van der Waals surface area contributed by atoms with E-state index in [1.54, 1.807) is 23.1 Å². The van der Waals surface area contributed by atoms with Crippen molar-refractivity contribution in [2.24, 2.45) is 7.05 Å². The Hall–Kier alpha value is -4.21. The fourth-order valence-electron chi connectivity index (χ4n) is 3.70. The molecule has 0 radical (unpaired) electrons. The summed E-state index contributed by atoms with van der Waals surface area (Å²) in [4.78, 5) is 16.1. The topological polar surface area (TPSA) is 81.4 Å². The lowest BCUT2D eigenvalue weighted by molar-refractivity contribution is -0.141. The molecule has 0 aliphatic carbocycles. The zero-order valence-corrected chi connectivity index (χ0v) is 17.3. The van der Waals surface area contributed by atoms with E-state index in [0.717, 1.165) is 40.0 Å². The highest BCUT2D eigenvalue weighted by atomic mass is 19.4. The van der Waals surface area contributed by atoms with Crippen LogP contribution in [-0.4, -0.2) is 29.5 Å². The molecule has 0 aliphatic heterocycles. The molecule has 0 aliphatic rings. The lowest BCUT2D eigenvalue weighted by Gasteiger charge is -2.10. The molecule has 0 amide bonds. The van der Waals surface area contributed by atoms with Gasteiger partial charge in [-0.25, -0.2) is 0 Å². The third-order valence-corrected chi connectivity index (χ3v) is 5.34. The quantitative estimate of drug-likeness (QED) is 0.444. The van der Waals surface area contributed by atoms with Crippen molar-refractivity contribution in [1.82, 2.24) is 29.5 Å². The monoisotopic (exact) mass is 450 g/mol. The molecule has 0 saturated heterocycles. The summed E-state index contributed by atoms with van der Waals surface area (Å²) in [6.45, 7) is 0.0105. The third-order valence-electron chi connectivity index (χ3n) is 5.34. The van der Waals surface area contributed by atoms with E-state index in [1.807, 2.05) is 31.4 Å². The van der Waals surface area contributed by atoms with E-state index in [2.05, 4.69) is 20.3 Å². The molecule has 7 nitrogen and oxygen atoms in total. The van der Waals surface area contributed by atoms with Crippen molar-refractivity contribution in [2.75, 3.05) is 0 Å². The fraction of sp³-hybridized carbons (Fsp3) is 0.130. The maximum atomic E-state index is 12.9. The minimum Gasteiger partial charge on any atom is -0.311 e. The van der Waals surface area contributed by atoms with Crippen molar-refractivity contribution in [1.29, 1.82) is 0 Å². The molecule has 10 heteroatoms. The normalized spacial score (nSPS) is 11.9. The van der Waals surface area contributed by atoms with Gasteiger partial charge in [0.15, 0.2) is 0 Å². The van der Waals surface area contributed by atoms with Crippen molar-refractivity contribution in [3.63, 3.8) is 0 Å². The summed E-state index contributed by atoms with van der Waals surface area (Å²) in [5.74, 6) is 0. The van der Waals surface area contributed by atoms with E-state index in [1.165, 1.54) is 16.7 Å². The molecule has 166 valence electrons. The first-order chi connectivity index (χ1) is 15.8. The van der Waals surface area contributed by atoms with Gasteiger partial charge in [-0.05, 0) is 47.0 Å². The average molecular weight is 450 g/mol. The minimum atomic E-state index is -4.54. The Bertz CT molecular complexity index is 1530. The van der Waals surface area contributed by atoms with Crippen LogP contribution in [0.2, 0.25) is 0 Å². The Morgan fingerprint density at radius 2 is 1.85 bits per heavy atom. The van der Waals surface area contributed by atoms with Crippen LogP contribution in [0, 0.1) is 0 Å². The summed E-state index contributed by atoms with van der Waals surface area (Å²) in [6, 6.07) is 11.4. The highest BCUT2D eigenvalue weighted by molar-refractivity contribution is 5.95. The number of benzene rings is 1. The van der Waals surface area contributed by atoms with Crippen molar-refractivity contribution in [2.45, 2.75) is 12.7 Å². The summed E-state index contributed by atoms with van der Waals surface area (Å²) in [5, 5.41) is 12.5. The summed E-state index contributed by atoms with van der Waals surface area (Å²) in [5.41, 5.74) is 3.03. The first kappa shape index (κ1) is 20.7. The van der Waals surface area contributed by atoms with E-state index in [4.69, 9.17) is 0 Å². The van der Waals surface area contributed by atoms with Crippen LogP contribution in [0.15, 0.2) is 72.0 Å². The number of fused-ring (bicyclic) bond motifs is 1. The Morgan fingerprint density at radius 1 is 1.03 bits per heavy atom. The molecule has 0 unspecified atom stereocenters. The van der Waals surface area contributed by atoms with E-state index >= 15 is 0 Å². The van der Waals surface area contributed by atoms with Crippen LogP contribution in [-0.2, 0) is 19.8 Å². The molecule has 1 aromatic carbocycles. The Kier molecular flexibility index (Phi) is 4.85. The zero-order chi connectivity index (χ0) is 23.2. The van der Waals surface area contributed by atoms with Gasteiger partial charge in [-0.15, -0.1) is 0 Å². The number of aryl methyl sites for hydroxylation is 1. The number of aromatic amines is 1. The lowest BCUT2D eigenvalue weighted by Crippen LogP contribution is -2.19. The summed E-state index contributed by atoms with van der Waals surface area (Å²) in [7, 11) is 1.83. The average Bonchev–Trinajstić information content (AvgIpc) is 3.40. The van der Waals surface area contributed by atoms with Crippen LogP contribution in [0.3, 0.4) is 0 Å². The Balaban J connectivity index is 1.47. The van der Waals surface area contributed by atoms with Crippen molar-refractivity contribution < 1.29 is 13.2 Å². The molecule has 5 rings (SSSR count). The first-order valence-electron chi connectivity index (χ1n) is 9.98. The number of alkyl halides is 3. The van der Waals surface area contributed by atoms with Gasteiger partial charge in [0, 0.05) is 42.7 Å². The molecule has 0 saturated carbocycles. The number of hydrogen-bond donors (Lipinski definition) is 1. The van der Waals surface area contributed by atoms with Gasteiger partial charge in [0.1, 0.15) is 11.4 Å². The Morgan fingerprint density at radius 3 is 2.58 bits per heavy atom. The van der Waals surface area contributed by atoms with Crippen LogP contribution >= 0.6 is 0 Å². The first-order valence-corrected chi connectivity index (χ1v) is 9.98. The number of halogens is 3. The number of pyridine rings is 2. The largest absolute Gasteiger partial charge is 0.433 e. The summed E-state index contributed by atoms with van der Waals surface area (Å²) >= 11 is 0. The van der Waals surface area contributed by atoms with Gasteiger partial charge in [-0.2, -0.15) is 23.4 Å². The summed E-state index contributed by atoms with van der Waals surface area (Å²) < 4.78 is 41.8. The van der Waals surface area contributed by atoms with Crippen molar-refractivity contribution >= 4 is 10.9 Å². The number of hydrogen-bond acceptors (Lipinski definition) is 4. The third kappa shape index (κ3) is 4.02. The van der Waals surface area contributed by atoms with Crippen molar-refractivity contribution in [3.8, 4) is 22.4 Å². The van der Waals surface area contributed by atoms with Crippen LogP contribution in [0.4, 0.5) is 13.2 Å². The van der Waals surface area contributed by atoms with E-state index in [9.17, 15) is 18.0 Å². The number of nitrogens with one attached hydrogen (secondary N) is 1. The van der Waals surface area contributed by atoms with Gasteiger partial charge in [-0.1, -0.05) is 6.07 Å².